The maximum absolute atomic E-state index is 11.8. The van der Waals surface area contributed by atoms with Crippen molar-refractivity contribution in [3.05, 3.63) is 33.9 Å². The first-order valence-corrected chi connectivity index (χ1v) is 8.22. The number of benzene rings is 1. The van der Waals surface area contributed by atoms with Crippen molar-refractivity contribution in [1.29, 1.82) is 0 Å². The Kier molecular flexibility index (Phi) is 7.78. The molecule has 0 aliphatic rings. The Balaban J connectivity index is 2.73. The molecule has 0 spiro atoms. The van der Waals surface area contributed by atoms with Crippen molar-refractivity contribution in [1.82, 2.24) is 10.6 Å². The number of rotatable bonds is 8. The van der Waals surface area contributed by atoms with Gasteiger partial charge in [0, 0.05) is 25.8 Å². The molecule has 26 heavy (non-hydrogen) atoms. The van der Waals surface area contributed by atoms with Crippen LogP contribution in [0.4, 0.5) is 10.5 Å². The minimum Gasteiger partial charge on any atom is -0.502 e. The van der Waals surface area contributed by atoms with Gasteiger partial charge in [-0.15, -0.1) is 0 Å². The third kappa shape index (κ3) is 7.24. The highest BCUT2D eigenvalue weighted by molar-refractivity contribution is 5.68. The Hall–Kier alpha value is -2.39. The van der Waals surface area contributed by atoms with Crippen LogP contribution in [0.5, 0.6) is 5.75 Å². The van der Waals surface area contributed by atoms with E-state index in [0.717, 1.165) is 0 Å². The number of alkyl carbamates (subject to hydrolysis) is 1. The van der Waals surface area contributed by atoms with Gasteiger partial charge in [0.1, 0.15) is 5.60 Å². The predicted molar refractivity (Wildman–Crippen MR) is 96.2 cm³/mol. The summed E-state index contributed by atoms with van der Waals surface area (Å²) in [7, 11) is 1.52. The van der Waals surface area contributed by atoms with Crippen LogP contribution >= 0.6 is 0 Å². The largest absolute Gasteiger partial charge is 0.502 e. The van der Waals surface area contributed by atoms with Crippen LogP contribution in [0.15, 0.2) is 18.2 Å². The number of hydrogen-bond acceptors (Lipinski definition) is 7. The number of methoxy groups -OCH3 is 1. The van der Waals surface area contributed by atoms with Gasteiger partial charge < -0.3 is 25.2 Å². The van der Waals surface area contributed by atoms with E-state index in [9.17, 15) is 20.0 Å². The molecule has 0 heterocycles. The molecular weight excluding hydrogens is 342 g/mol. The molecule has 0 aliphatic carbocycles. The lowest BCUT2D eigenvalue weighted by Gasteiger charge is -2.24. The molecule has 1 aromatic carbocycles. The Morgan fingerprint density at radius 1 is 1.38 bits per heavy atom. The Morgan fingerprint density at radius 2 is 2.04 bits per heavy atom. The first-order valence-electron chi connectivity index (χ1n) is 8.22. The van der Waals surface area contributed by atoms with Gasteiger partial charge in [0.05, 0.1) is 17.6 Å². The number of carbonyl (C=O) groups excluding carboxylic acids is 1. The zero-order valence-corrected chi connectivity index (χ0v) is 15.7. The lowest BCUT2D eigenvalue weighted by molar-refractivity contribution is -0.385. The van der Waals surface area contributed by atoms with Gasteiger partial charge in [0.15, 0.2) is 5.75 Å². The predicted octanol–water partition coefficient (Wildman–Crippen LogP) is 2.49. The monoisotopic (exact) mass is 369 g/mol. The summed E-state index contributed by atoms with van der Waals surface area (Å²) in [6.07, 6.45) is -0.518. The quantitative estimate of drug-likeness (QED) is 0.475. The minimum atomic E-state index is -0.643. The van der Waals surface area contributed by atoms with E-state index in [1.807, 2.05) is 0 Å². The Morgan fingerprint density at radius 3 is 2.58 bits per heavy atom. The van der Waals surface area contributed by atoms with E-state index in [1.165, 1.54) is 19.2 Å². The number of phenols is 1. The van der Waals surface area contributed by atoms with Crippen LogP contribution in [-0.2, 0) is 9.47 Å². The number of carbonyl (C=O) groups is 1. The number of hydrogen-bond donors (Lipinski definition) is 3. The SMILES string of the molecule is COCC(NC[C@@H](C)NC(=O)OC(C)(C)C)c1ccc(O)c([N+](=O)[O-])c1. The maximum Gasteiger partial charge on any atom is 0.407 e. The molecule has 1 rings (SSSR count). The average molecular weight is 369 g/mol. The van der Waals surface area contributed by atoms with Gasteiger partial charge in [0.25, 0.3) is 0 Å². The smallest absolute Gasteiger partial charge is 0.407 e. The van der Waals surface area contributed by atoms with Crippen molar-refractivity contribution in [2.24, 2.45) is 0 Å². The van der Waals surface area contributed by atoms with E-state index >= 15 is 0 Å². The summed E-state index contributed by atoms with van der Waals surface area (Å²) in [5.41, 5.74) is -0.355. The summed E-state index contributed by atoms with van der Waals surface area (Å²) in [6.45, 7) is 7.80. The van der Waals surface area contributed by atoms with Crippen molar-refractivity contribution in [3.8, 4) is 5.75 Å². The zero-order valence-electron chi connectivity index (χ0n) is 15.7. The van der Waals surface area contributed by atoms with Crippen LogP contribution < -0.4 is 10.6 Å². The van der Waals surface area contributed by atoms with Crippen molar-refractivity contribution in [2.45, 2.75) is 45.4 Å². The summed E-state index contributed by atoms with van der Waals surface area (Å²) < 4.78 is 10.4. The first kappa shape index (κ1) is 21.7. The number of nitro groups is 1. The maximum atomic E-state index is 11.8. The van der Waals surface area contributed by atoms with Crippen molar-refractivity contribution in [3.63, 3.8) is 0 Å². The second kappa shape index (κ2) is 9.35. The standard InChI is InChI=1S/C17H27N3O6/c1-11(19-16(22)26-17(2,3)4)9-18-13(10-25-5)12-6-7-15(21)14(8-12)20(23)24/h6-8,11,13,18,21H,9-10H2,1-5H3,(H,19,22)/t11-,13?/m1/s1. The van der Waals surface area contributed by atoms with E-state index < -0.39 is 22.4 Å². The molecule has 3 N–H and O–H groups in total. The second-order valence-corrected chi connectivity index (χ2v) is 6.97. The average Bonchev–Trinajstić information content (AvgIpc) is 2.49. The molecule has 0 aliphatic heterocycles. The highest BCUT2D eigenvalue weighted by Crippen LogP contribution is 2.29. The fraction of sp³-hybridized carbons (Fsp3) is 0.588. The van der Waals surface area contributed by atoms with Crippen molar-refractivity contribution >= 4 is 11.8 Å². The molecule has 0 saturated heterocycles. The molecule has 1 unspecified atom stereocenters. The molecule has 0 aromatic heterocycles. The van der Waals surface area contributed by atoms with Gasteiger partial charge in [-0.05, 0) is 39.3 Å². The molecule has 146 valence electrons. The topological polar surface area (TPSA) is 123 Å². The number of amides is 1. The van der Waals surface area contributed by atoms with Crippen molar-refractivity contribution in [2.75, 3.05) is 20.3 Å². The van der Waals surface area contributed by atoms with Gasteiger partial charge >= 0.3 is 11.8 Å². The van der Waals surface area contributed by atoms with Gasteiger partial charge in [-0.1, -0.05) is 6.07 Å². The summed E-state index contributed by atoms with van der Waals surface area (Å²) in [5.74, 6) is -0.394. The number of nitrogens with one attached hydrogen (secondary N) is 2. The van der Waals surface area contributed by atoms with E-state index in [1.54, 1.807) is 33.8 Å². The highest BCUT2D eigenvalue weighted by atomic mass is 16.6. The van der Waals surface area contributed by atoms with Crippen LogP contribution in [0.3, 0.4) is 0 Å². The molecule has 9 nitrogen and oxygen atoms in total. The van der Waals surface area contributed by atoms with E-state index in [2.05, 4.69) is 10.6 Å². The third-order valence-corrected chi connectivity index (χ3v) is 3.37. The molecule has 0 radical (unpaired) electrons. The van der Waals surface area contributed by atoms with E-state index in [4.69, 9.17) is 9.47 Å². The number of ether oxygens (including phenoxy) is 2. The summed E-state index contributed by atoms with van der Waals surface area (Å²) in [4.78, 5) is 22.1. The summed E-state index contributed by atoms with van der Waals surface area (Å²) >= 11 is 0. The van der Waals surface area contributed by atoms with Crippen molar-refractivity contribution < 1.29 is 24.3 Å². The lowest BCUT2D eigenvalue weighted by Crippen LogP contribution is -2.43. The molecule has 0 bridgehead atoms. The van der Waals surface area contributed by atoms with Crippen LogP contribution in [0.2, 0.25) is 0 Å². The lowest BCUT2D eigenvalue weighted by atomic mass is 10.1. The number of aromatic hydroxyl groups is 1. The Bertz CT molecular complexity index is 629. The molecule has 9 heteroatoms. The fourth-order valence-corrected chi connectivity index (χ4v) is 2.22. The highest BCUT2D eigenvalue weighted by Gasteiger charge is 2.21. The third-order valence-electron chi connectivity index (χ3n) is 3.37. The van der Waals surface area contributed by atoms with Crippen LogP contribution in [0, 0.1) is 10.1 Å². The number of nitrogens with zero attached hydrogens (tertiary/aromatic N) is 1. The minimum absolute atomic E-state index is 0.240. The number of phenolic OH excluding ortho intramolecular Hbond substituents is 1. The molecule has 0 saturated carbocycles. The Labute approximate surface area is 152 Å². The van der Waals surface area contributed by atoms with Crippen LogP contribution in [-0.4, -0.2) is 48.0 Å². The number of nitro benzene ring substituents is 1. The van der Waals surface area contributed by atoms with Gasteiger partial charge in [-0.3, -0.25) is 10.1 Å². The van der Waals surface area contributed by atoms with Crippen LogP contribution in [0.25, 0.3) is 0 Å². The van der Waals surface area contributed by atoms with Gasteiger partial charge in [-0.25, -0.2) is 4.79 Å². The zero-order chi connectivity index (χ0) is 19.9. The van der Waals surface area contributed by atoms with Gasteiger partial charge in [0.2, 0.25) is 0 Å². The molecule has 0 fully saturated rings. The first-order chi connectivity index (χ1) is 12.0. The van der Waals surface area contributed by atoms with E-state index in [-0.39, 0.29) is 24.4 Å². The normalized spacial score (nSPS) is 13.7. The second-order valence-electron chi connectivity index (χ2n) is 6.97. The van der Waals surface area contributed by atoms with Crippen LogP contribution in [0.1, 0.15) is 39.3 Å². The summed E-state index contributed by atoms with van der Waals surface area (Å²) in [6, 6.07) is 3.59. The molecule has 1 aromatic rings. The van der Waals surface area contributed by atoms with Gasteiger partial charge in [-0.2, -0.15) is 0 Å². The van der Waals surface area contributed by atoms with E-state index in [0.29, 0.717) is 12.1 Å². The fourth-order valence-electron chi connectivity index (χ4n) is 2.22. The molecule has 1 amide bonds. The summed E-state index contributed by atoms with van der Waals surface area (Å²) in [5, 5.41) is 26.5. The molecular formula is C17H27N3O6. The molecule has 2 atom stereocenters.